The van der Waals surface area contributed by atoms with Crippen molar-refractivity contribution >= 4 is 34.9 Å². The van der Waals surface area contributed by atoms with E-state index in [1.54, 1.807) is 24.3 Å². The number of anilines is 3. The first kappa shape index (κ1) is 29.8. The predicted molar refractivity (Wildman–Crippen MR) is 160 cm³/mol. The second-order valence-corrected chi connectivity index (χ2v) is 10.2. The molecular formula is C32H38N4O5. The SMILES string of the molecule is CCOC(CN1C(=O)[C@@](CC(=O)Nc2ccc(C)cc2)(NC(=O)Nc2ccc(C)cc2)c2cc(C)ccc21)OCC. The quantitative estimate of drug-likeness (QED) is 0.273. The summed E-state index contributed by atoms with van der Waals surface area (Å²) in [5.74, 6) is -0.862. The van der Waals surface area contributed by atoms with Crippen molar-refractivity contribution in [2.75, 3.05) is 35.3 Å². The van der Waals surface area contributed by atoms with Gasteiger partial charge < -0.3 is 30.3 Å². The van der Waals surface area contributed by atoms with E-state index in [4.69, 9.17) is 9.47 Å². The number of urea groups is 1. The maximum absolute atomic E-state index is 14.4. The van der Waals surface area contributed by atoms with Gasteiger partial charge in [0.15, 0.2) is 11.8 Å². The van der Waals surface area contributed by atoms with Crippen LogP contribution < -0.4 is 20.9 Å². The second-order valence-electron chi connectivity index (χ2n) is 10.2. The van der Waals surface area contributed by atoms with Gasteiger partial charge in [0.25, 0.3) is 5.91 Å². The minimum absolute atomic E-state index is 0.0964. The number of nitrogens with zero attached hydrogens (tertiary/aromatic N) is 1. The molecule has 0 saturated heterocycles. The number of fused-ring (bicyclic) bond motifs is 1. The number of carbonyl (C=O) groups excluding carboxylic acids is 3. The average Bonchev–Trinajstić information content (AvgIpc) is 3.13. The van der Waals surface area contributed by atoms with Crippen LogP contribution in [0.25, 0.3) is 0 Å². The first-order valence-electron chi connectivity index (χ1n) is 13.8. The molecule has 0 saturated carbocycles. The first-order chi connectivity index (χ1) is 19.6. The molecule has 4 amide bonds. The highest BCUT2D eigenvalue weighted by Gasteiger charge is 2.54. The van der Waals surface area contributed by atoms with Crippen molar-refractivity contribution in [1.29, 1.82) is 0 Å². The van der Waals surface area contributed by atoms with Crippen LogP contribution >= 0.6 is 0 Å². The number of ether oxygens (including phenoxy) is 2. The molecule has 9 heteroatoms. The maximum atomic E-state index is 14.4. The van der Waals surface area contributed by atoms with Crippen LogP contribution in [0.1, 0.15) is 42.5 Å². The van der Waals surface area contributed by atoms with Crippen LogP contribution in [0.4, 0.5) is 21.9 Å². The summed E-state index contributed by atoms with van der Waals surface area (Å²) >= 11 is 0. The topological polar surface area (TPSA) is 109 Å². The van der Waals surface area contributed by atoms with Gasteiger partial charge in [-0.3, -0.25) is 9.59 Å². The molecular weight excluding hydrogens is 520 g/mol. The third kappa shape index (κ3) is 6.93. The number of amides is 4. The highest BCUT2D eigenvalue weighted by atomic mass is 16.7. The van der Waals surface area contributed by atoms with Crippen LogP contribution in [-0.2, 0) is 24.6 Å². The number of hydrogen-bond donors (Lipinski definition) is 3. The molecule has 1 heterocycles. The van der Waals surface area contributed by atoms with Gasteiger partial charge in [0, 0.05) is 30.2 Å². The Hall–Kier alpha value is -4.21. The van der Waals surface area contributed by atoms with E-state index in [-0.39, 0.29) is 13.0 Å². The number of aryl methyl sites for hydroxylation is 3. The fourth-order valence-electron chi connectivity index (χ4n) is 4.95. The molecule has 1 aliphatic rings. The van der Waals surface area contributed by atoms with Gasteiger partial charge in [0.1, 0.15) is 0 Å². The molecule has 0 unspecified atom stereocenters. The summed E-state index contributed by atoms with van der Waals surface area (Å²) in [7, 11) is 0. The molecule has 3 aromatic rings. The van der Waals surface area contributed by atoms with Gasteiger partial charge in [0.2, 0.25) is 5.91 Å². The monoisotopic (exact) mass is 558 g/mol. The van der Waals surface area contributed by atoms with E-state index in [0.29, 0.717) is 35.8 Å². The van der Waals surface area contributed by atoms with Gasteiger partial charge in [-0.1, -0.05) is 53.1 Å². The van der Waals surface area contributed by atoms with Crippen molar-refractivity contribution in [3.63, 3.8) is 0 Å². The molecule has 0 fully saturated rings. The highest BCUT2D eigenvalue weighted by Crippen LogP contribution is 2.43. The number of carbonyl (C=O) groups is 3. The molecule has 0 bridgehead atoms. The third-order valence-corrected chi connectivity index (χ3v) is 6.95. The Morgan fingerprint density at radius 2 is 1.34 bits per heavy atom. The number of benzene rings is 3. The van der Waals surface area contributed by atoms with Crippen molar-refractivity contribution in [1.82, 2.24) is 5.32 Å². The molecule has 0 aliphatic carbocycles. The first-order valence-corrected chi connectivity index (χ1v) is 13.8. The molecule has 0 spiro atoms. The van der Waals surface area contributed by atoms with E-state index in [9.17, 15) is 14.4 Å². The van der Waals surface area contributed by atoms with Crippen LogP contribution in [0.3, 0.4) is 0 Å². The van der Waals surface area contributed by atoms with Crippen LogP contribution in [0.15, 0.2) is 66.7 Å². The third-order valence-electron chi connectivity index (χ3n) is 6.95. The lowest BCUT2D eigenvalue weighted by Gasteiger charge is -2.30. The average molecular weight is 559 g/mol. The summed E-state index contributed by atoms with van der Waals surface area (Å²) < 4.78 is 11.5. The van der Waals surface area contributed by atoms with Gasteiger partial charge in [-0.25, -0.2) is 4.79 Å². The molecule has 3 N–H and O–H groups in total. The second kappa shape index (κ2) is 13.0. The lowest BCUT2D eigenvalue weighted by atomic mass is 9.86. The Balaban J connectivity index is 1.72. The standard InChI is InChI=1S/C32H38N4O5/c1-6-40-29(41-7-2)20-36-27-17-12-23(5)18-26(27)32(30(36)38,19-28(37)33-24-13-8-21(3)9-14-24)35-31(39)34-25-15-10-22(4)11-16-25/h8-18,29H,6-7,19-20H2,1-5H3,(H,33,37)(H2,34,35,39)/t32-/m0/s1. The van der Waals surface area contributed by atoms with Gasteiger partial charge in [-0.2, -0.15) is 0 Å². The summed E-state index contributed by atoms with van der Waals surface area (Å²) in [4.78, 5) is 42.9. The van der Waals surface area contributed by atoms with E-state index in [1.165, 1.54) is 4.90 Å². The van der Waals surface area contributed by atoms with Crippen LogP contribution in [0, 0.1) is 20.8 Å². The van der Waals surface area contributed by atoms with Crippen molar-refractivity contribution in [2.45, 2.75) is 52.9 Å². The normalized spacial score (nSPS) is 16.0. The summed E-state index contributed by atoms with van der Waals surface area (Å²) in [6.45, 7) is 10.4. The van der Waals surface area contributed by atoms with Gasteiger partial charge in [0.05, 0.1) is 18.7 Å². The van der Waals surface area contributed by atoms with Gasteiger partial charge >= 0.3 is 6.03 Å². The van der Waals surface area contributed by atoms with Crippen LogP contribution in [-0.4, -0.2) is 43.9 Å². The molecule has 1 aliphatic heterocycles. The zero-order chi connectivity index (χ0) is 29.6. The Morgan fingerprint density at radius 3 is 1.90 bits per heavy atom. The molecule has 1 atom stereocenters. The smallest absolute Gasteiger partial charge is 0.320 e. The molecule has 0 radical (unpaired) electrons. The van der Waals surface area contributed by atoms with Gasteiger partial charge in [-0.15, -0.1) is 0 Å². The molecule has 216 valence electrons. The van der Waals surface area contributed by atoms with Crippen LogP contribution in [0.2, 0.25) is 0 Å². The zero-order valence-electron chi connectivity index (χ0n) is 24.2. The Labute approximate surface area is 241 Å². The van der Waals surface area contributed by atoms with E-state index >= 15 is 0 Å². The minimum Gasteiger partial charge on any atom is -0.351 e. The summed E-state index contributed by atoms with van der Waals surface area (Å²) in [6.07, 6.45) is -0.997. The Morgan fingerprint density at radius 1 is 0.805 bits per heavy atom. The molecule has 3 aromatic carbocycles. The van der Waals surface area contributed by atoms with Crippen molar-refractivity contribution in [3.8, 4) is 0 Å². The van der Waals surface area contributed by atoms with Crippen molar-refractivity contribution in [3.05, 3.63) is 89.0 Å². The van der Waals surface area contributed by atoms with Crippen molar-refractivity contribution in [2.24, 2.45) is 0 Å². The fraction of sp³-hybridized carbons (Fsp3) is 0.344. The van der Waals surface area contributed by atoms with E-state index in [0.717, 1.165) is 16.7 Å². The Kier molecular flexibility index (Phi) is 9.42. The summed E-state index contributed by atoms with van der Waals surface area (Å²) in [5, 5.41) is 8.59. The molecule has 41 heavy (non-hydrogen) atoms. The van der Waals surface area contributed by atoms with E-state index in [1.807, 2.05) is 77.1 Å². The summed E-state index contributed by atoms with van der Waals surface area (Å²) in [5.41, 5.74) is 3.59. The largest absolute Gasteiger partial charge is 0.351 e. The predicted octanol–water partition coefficient (Wildman–Crippen LogP) is 5.40. The maximum Gasteiger partial charge on any atom is 0.320 e. The minimum atomic E-state index is -1.67. The van der Waals surface area contributed by atoms with Crippen molar-refractivity contribution < 1.29 is 23.9 Å². The number of hydrogen-bond acceptors (Lipinski definition) is 5. The van der Waals surface area contributed by atoms with Gasteiger partial charge in [-0.05, 0) is 65.0 Å². The highest BCUT2D eigenvalue weighted by molar-refractivity contribution is 6.13. The summed E-state index contributed by atoms with van der Waals surface area (Å²) in [6, 6.07) is 19.7. The lowest BCUT2D eigenvalue weighted by Crippen LogP contribution is -2.56. The lowest BCUT2D eigenvalue weighted by molar-refractivity contribution is -0.138. The molecule has 4 rings (SSSR count). The fourth-order valence-corrected chi connectivity index (χ4v) is 4.95. The number of nitrogens with one attached hydrogen (secondary N) is 3. The molecule has 9 nitrogen and oxygen atoms in total. The van der Waals surface area contributed by atoms with Crippen LogP contribution in [0.5, 0.6) is 0 Å². The molecule has 0 aromatic heterocycles. The number of rotatable bonds is 11. The zero-order valence-corrected chi connectivity index (χ0v) is 24.2. The van der Waals surface area contributed by atoms with E-state index in [2.05, 4.69) is 16.0 Å². The van der Waals surface area contributed by atoms with E-state index < -0.39 is 29.7 Å². The Bertz CT molecular complexity index is 1320.